The molecule has 2 aromatic rings. The number of hydrogen-bond acceptors (Lipinski definition) is 2. The van der Waals surface area contributed by atoms with Crippen molar-refractivity contribution in [1.82, 2.24) is 0 Å². The zero-order valence-electron chi connectivity index (χ0n) is 9.28. The van der Waals surface area contributed by atoms with Crippen LogP contribution in [0.4, 0.5) is 11.4 Å². The number of rotatable bonds is 2. The van der Waals surface area contributed by atoms with E-state index >= 15 is 0 Å². The predicted octanol–water partition coefficient (Wildman–Crippen LogP) is 3.78. The number of nitrogens with two attached hydrogens (primary N) is 1. The average Bonchev–Trinajstić information content (AvgIpc) is 2.34. The number of benzene rings is 2. The molecule has 2 aromatic carbocycles. The molecule has 3 nitrogen and oxygen atoms in total. The van der Waals surface area contributed by atoms with Gasteiger partial charge in [0.2, 0.25) is 0 Å². The largest absolute Gasteiger partial charge is 0.398 e. The van der Waals surface area contributed by atoms with Crippen molar-refractivity contribution in [2.24, 2.45) is 0 Å². The van der Waals surface area contributed by atoms with E-state index in [1.165, 1.54) is 0 Å². The molecule has 0 fully saturated rings. The minimum atomic E-state index is -0.174. The second-order valence-electron chi connectivity index (χ2n) is 3.70. The van der Waals surface area contributed by atoms with E-state index in [9.17, 15) is 4.79 Å². The minimum Gasteiger partial charge on any atom is -0.398 e. The molecule has 0 aliphatic rings. The Morgan fingerprint density at radius 1 is 1.17 bits per heavy atom. The van der Waals surface area contributed by atoms with Crippen molar-refractivity contribution in [2.45, 2.75) is 0 Å². The SMILES string of the molecule is Nc1ccc(NC(=O)c2ccc(I)cc2)cc1Cl. The molecule has 1 amide bonds. The third-order valence-corrected chi connectivity index (χ3v) is 3.41. The van der Waals surface area contributed by atoms with Crippen LogP contribution in [0.15, 0.2) is 42.5 Å². The number of hydrogen-bond donors (Lipinski definition) is 2. The van der Waals surface area contributed by atoms with E-state index in [2.05, 4.69) is 27.9 Å². The van der Waals surface area contributed by atoms with Gasteiger partial charge < -0.3 is 11.1 Å². The Labute approximate surface area is 123 Å². The summed E-state index contributed by atoms with van der Waals surface area (Å²) in [5.41, 5.74) is 7.31. The van der Waals surface area contributed by atoms with Gasteiger partial charge in [0.1, 0.15) is 0 Å². The summed E-state index contributed by atoms with van der Waals surface area (Å²) in [6.07, 6.45) is 0. The zero-order chi connectivity index (χ0) is 13.1. The number of amides is 1. The summed E-state index contributed by atoms with van der Waals surface area (Å²) >= 11 is 8.08. The van der Waals surface area contributed by atoms with Crippen molar-refractivity contribution < 1.29 is 4.79 Å². The topological polar surface area (TPSA) is 55.1 Å². The molecule has 0 heterocycles. The Balaban J connectivity index is 2.16. The van der Waals surface area contributed by atoms with Gasteiger partial charge in [0.25, 0.3) is 5.91 Å². The molecule has 0 saturated carbocycles. The van der Waals surface area contributed by atoms with Gasteiger partial charge in [-0.15, -0.1) is 0 Å². The summed E-state index contributed by atoms with van der Waals surface area (Å²) in [6, 6.07) is 12.3. The van der Waals surface area contributed by atoms with Crippen LogP contribution < -0.4 is 11.1 Å². The van der Waals surface area contributed by atoms with E-state index in [4.69, 9.17) is 17.3 Å². The predicted molar refractivity (Wildman–Crippen MR) is 83.0 cm³/mol. The van der Waals surface area contributed by atoms with Crippen LogP contribution in [0.3, 0.4) is 0 Å². The molecule has 18 heavy (non-hydrogen) atoms. The molecule has 92 valence electrons. The highest BCUT2D eigenvalue weighted by molar-refractivity contribution is 14.1. The summed E-state index contributed by atoms with van der Waals surface area (Å²) < 4.78 is 1.08. The second-order valence-corrected chi connectivity index (χ2v) is 5.35. The molecule has 0 atom stereocenters. The van der Waals surface area contributed by atoms with Crippen molar-refractivity contribution in [3.05, 3.63) is 56.6 Å². The van der Waals surface area contributed by atoms with Crippen LogP contribution in [0.5, 0.6) is 0 Å². The molecule has 0 aromatic heterocycles. The molecular formula is C13H10ClIN2O. The first-order valence-corrected chi connectivity index (χ1v) is 6.64. The molecule has 0 unspecified atom stereocenters. The highest BCUT2D eigenvalue weighted by Crippen LogP contribution is 2.23. The first-order chi connectivity index (χ1) is 8.56. The van der Waals surface area contributed by atoms with Crippen LogP contribution >= 0.6 is 34.2 Å². The van der Waals surface area contributed by atoms with E-state index in [-0.39, 0.29) is 5.91 Å². The van der Waals surface area contributed by atoms with Crippen LogP contribution in [0.25, 0.3) is 0 Å². The van der Waals surface area contributed by atoms with Crippen LogP contribution in [-0.2, 0) is 0 Å². The Morgan fingerprint density at radius 2 is 1.83 bits per heavy atom. The van der Waals surface area contributed by atoms with Crippen molar-refractivity contribution in [2.75, 3.05) is 11.1 Å². The third kappa shape index (κ3) is 3.14. The van der Waals surface area contributed by atoms with E-state index < -0.39 is 0 Å². The van der Waals surface area contributed by atoms with Crippen molar-refractivity contribution in [3.63, 3.8) is 0 Å². The molecule has 3 N–H and O–H groups in total. The molecule has 5 heteroatoms. The fourth-order valence-electron chi connectivity index (χ4n) is 1.41. The quantitative estimate of drug-likeness (QED) is 0.623. The molecule has 0 radical (unpaired) electrons. The van der Waals surface area contributed by atoms with Gasteiger partial charge in [-0.3, -0.25) is 4.79 Å². The zero-order valence-corrected chi connectivity index (χ0v) is 12.2. The van der Waals surface area contributed by atoms with Crippen molar-refractivity contribution in [1.29, 1.82) is 0 Å². The average molecular weight is 373 g/mol. The first kappa shape index (κ1) is 13.2. The molecule has 2 rings (SSSR count). The lowest BCUT2D eigenvalue weighted by atomic mass is 10.2. The molecule has 0 saturated heterocycles. The molecule has 0 aliphatic carbocycles. The maximum Gasteiger partial charge on any atom is 0.255 e. The van der Waals surface area contributed by atoms with Crippen LogP contribution in [0.1, 0.15) is 10.4 Å². The Morgan fingerprint density at radius 3 is 2.44 bits per heavy atom. The lowest BCUT2D eigenvalue weighted by molar-refractivity contribution is 0.102. The van der Waals surface area contributed by atoms with E-state index in [0.29, 0.717) is 22.0 Å². The number of halogens is 2. The summed E-state index contributed by atoms with van der Waals surface area (Å²) in [5.74, 6) is -0.174. The van der Waals surface area contributed by atoms with Gasteiger partial charge in [-0.2, -0.15) is 0 Å². The highest BCUT2D eigenvalue weighted by Gasteiger charge is 2.06. The molecule has 0 aliphatic heterocycles. The number of carbonyl (C=O) groups excluding carboxylic acids is 1. The normalized spacial score (nSPS) is 10.1. The van der Waals surface area contributed by atoms with E-state index in [1.54, 1.807) is 30.3 Å². The maximum atomic E-state index is 11.9. The smallest absolute Gasteiger partial charge is 0.255 e. The number of carbonyl (C=O) groups is 1. The lowest BCUT2D eigenvalue weighted by Gasteiger charge is -2.06. The number of nitrogen functional groups attached to an aromatic ring is 1. The molecule has 0 spiro atoms. The first-order valence-electron chi connectivity index (χ1n) is 5.18. The van der Waals surface area contributed by atoms with Gasteiger partial charge in [0.05, 0.1) is 10.7 Å². The van der Waals surface area contributed by atoms with Gasteiger partial charge in [0, 0.05) is 14.8 Å². The van der Waals surface area contributed by atoms with Crippen LogP contribution in [-0.4, -0.2) is 5.91 Å². The fraction of sp³-hybridized carbons (Fsp3) is 0. The van der Waals surface area contributed by atoms with Gasteiger partial charge in [-0.05, 0) is 65.1 Å². The van der Waals surface area contributed by atoms with E-state index in [1.807, 2.05) is 12.1 Å². The monoisotopic (exact) mass is 372 g/mol. The summed E-state index contributed by atoms with van der Waals surface area (Å²) in [4.78, 5) is 11.9. The second kappa shape index (κ2) is 5.58. The van der Waals surface area contributed by atoms with Gasteiger partial charge in [-0.1, -0.05) is 11.6 Å². The van der Waals surface area contributed by atoms with Crippen molar-refractivity contribution >= 4 is 51.5 Å². The van der Waals surface area contributed by atoms with Gasteiger partial charge in [-0.25, -0.2) is 0 Å². The Kier molecular flexibility index (Phi) is 4.08. The molecular weight excluding hydrogens is 363 g/mol. The highest BCUT2D eigenvalue weighted by atomic mass is 127. The van der Waals surface area contributed by atoms with Crippen LogP contribution in [0, 0.1) is 3.57 Å². The third-order valence-electron chi connectivity index (χ3n) is 2.36. The summed E-state index contributed by atoms with van der Waals surface area (Å²) in [6.45, 7) is 0. The van der Waals surface area contributed by atoms with Crippen LogP contribution in [0.2, 0.25) is 5.02 Å². The Hall–Kier alpha value is -1.27. The Bertz CT molecular complexity index is 584. The van der Waals surface area contributed by atoms with Crippen molar-refractivity contribution in [3.8, 4) is 0 Å². The van der Waals surface area contributed by atoms with Gasteiger partial charge in [0.15, 0.2) is 0 Å². The van der Waals surface area contributed by atoms with E-state index in [0.717, 1.165) is 3.57 Å². The number of anilines is 2. The standard InChI is InChI=1S/C13H10ClIN2O/c14-11-7-10(5-6-12(11)16)17-13(18)8-1-3-9(15)4-2-8/h1-7H,16H2,(H,17,18). The lowest BCUT2D eigenvalue weighted by Crippen LogP contribution is -2.11. The number of nitrogens with one attached hydrogen (secondary N) is 1. The summed E-state index contributed by atoms with van der Waals surface area (Å²) in [5, 5.41) is 3.19. The summed E-state index contributed by atoms with van der Waals surface area (Å²) in [7, 11) is 0. The molecule has 0 bridgehead atoms. The minimum absolute atomic E-state index is 0.174. The fourth-order valence-corrected chi connectivity index (χ4v) is 1.95. The van der Waals surface area contributed by atoms with Gasteiger partial charge >= 0.3 is 0 Å². The maximum absolute atomic E-state index is 11.9.